The van der Waals surface area contributed by atoms with Crippen molar-refractivity contribution in [1.29, 1.82) is 0 Å². The maximum atomic E-state index is 11.4. The molecular formula is C11H14N2O4S. The van der Waals surface area contributed by atoms with Gasteiger partial charge < -0.3 is 9.84 Å². The summed E-state index contributed by atoms with van der Waals surface area (Å²) in [4.78, 5) is 27.2. The normalized spacial score (nSPS) is 14.0. The molecule has 0 radical (unpaired) electrons. The van der Waals surface area contributed by atoms with Crippen molar-refractivity contribution in [1.82, 2.24) is 4.98 Å². The maximum Gasteiger partial charge on any atom is 0.329 e. The van der Waals surface area contributed by atoms with Gasteiger partial charge in [-0.3, -0.25) is 10.1 Å². The molecule has 2 N–H and O–H groups in total. The van der Waals surface area contributed by atoms with Gasteiger partial charge in [0.25, 0.3) is 5.91 Å². The SMILES string of the molecule is O=C(O)COCC(=O)Nc1nc2c(s1)CCCC2. The van der Waals surface area contributed by atoms with Crippen molar-refractivity contribution >= 4 is 28.3 Å². The van der Waals surface area contributed by atoms with E-state index in [-0.39, 0.29) is 12.5 Å². The minimum absolute atomic E-state index is 0.267. The molecule has 0 saturated heterocycles. The number of carboxylic acids is 1. The number of nitrogens with one attached hydrogen (secondary N) is 1. The first-order valence-corrected chi connectivity index (χ1v) is 6.55. The number of hydrogen-bond donors (Lipinski definition) is 2. The number of aryl methyl sites for hydroxylation is 2. The quantitative estimate of drug-likeness (QED) is 0.835. The minimum Gasteiger partial charge on any atom is -0.480 e. The van der Waals surface area contributed by atoms with Gasteiger partial charge in [-0.1, -0.05) is 0 Å². The van der Waals surface area contributed by atoms with Crippen molar-refractivity contribution in [3.05, 3.63) is 10.6 Å². The first kappa shape index (κ1) is 13.0. The summed E-state index contributed by atoms with van der Waals surface area (Å²) < 4.78 is 4.70. The summed E-state index contributed by atoms with van der Waals surface area (Å²) in [5.41, 5.74) is 1.08. The highest BCUT2D eigenvalue weighted by molar-refractivity contribution is 7.15. The second kappa shape index (κ2) is 5.92. The zero-order valence-corrected chi connectivity index (χ0v) is 10.6. The summed E-state index contributed by atoms with van der Waals surface area (Å²) in [5.74, 6) is -1.46. The molecular weight excluding hydrogens is 256 g/mol. The summed E-state index contributed by atoms with van der Waals surface area (Å²) in [6, 6.07) is 0. The number of amides is 1. The average molecular weight is 270 g/mol. The van der Waals surface area contributed by atoms with Crippen LogP contribution in [0.5, 0.6) is 0 Å². The number of rotatable bonds is 5. The molecule has 0 atom stereocenters. The van der Waals surface area contributed by atoms with E-state index in [0.717, 1.165) is 25.0 Å². The van der Waals surface area contributed by atoms with E-state index in [1.807, 2.05) is 0 Å². The van der Waals surface area contributed by atoms with Crippen LogP contribution in [0.2, 0.25) is 0 Å². The van der Waals surface area contributed by atoms with Crippen LogP contribution in [0.3, 0.4) is 0 Å². The predicted molar refractivity (Wildman–Crippen MR) is 65.8 cm³/mol. The molecule has 98 valence electrons. The Morgan fingerprint density at radius 1 is 1.33 bits per heavy atom. The minimum atomic E-state index is -1.09. The Morgan fingerprint density at radius 3 is 2.83 bits per heavy atom. The van der Waals surface area contributed by atoms with Gasteiger partial charge in [0.2, 0.25) is 0 Å². The zero-order chi connectivity index (χ0) is 13.0. The van der Waals surface area contributed by atoms with E-state index in [0.29, 0.717) is 5.13 Å². The molecule has 1 heterocycles. The van der Waals surface area contributed by atoms with Gasteiger partial charge in [0, 0.05) is 4.88 Å². The number of hydrogen-bond acceptors (Lipinski definition) is 5. The molecule has 6 nitrogen and oxygen atoms in total. The van der Waals surface area contributed by atoms with Crippen LogP contribution in [0, 0.1) is 0 Å². The Balaban J connectivity index is 1.83. The van der Waals surface area contributed by atoms with Gasteiger partial charge in [-0.15, -0.1) is 11.3 Å². The highest BCUT2D eigenvalue weighted by atomic mass is 32.1. The number of fused-ring (bicyclic) bond motifs is 1. The molecule has 1 aliphatic carbocycles. The van der Waals surface area contributed by atoms with Crippen molar-refractivity contribution < 1.29 is 19.4 Å². The molecule has 1 aromatic rings. The molecule has 0 spiro atoms. The number of nitrogens with zero attached hydrogens (tertiary/aromatic N) is 1. The Bertz CT molecular complexity index is 434. The smallest absolute Gasteiger partial charge is 0.329 e. The van der Waals surface area contributed by atoms with Crippen LogP contribution in [0.1, 0.15) is 23.4 Å². The van der Waals surface area contributed by atoms with Gasteiger partial charge in [-0.05, 0) is 25.7 Å². The van der Waals surface area contributed by atoms with Crippen LogP contribution in [-0.2, 0) is 27.2 Å². The summed E-state index contributed by atoms with van der Waals surface area (Å²) in [5, 5.41) is 11.6. The van der Waals surface area contributed by atoms with Crippen LogP contribution < -0.4 is 5.32 Å². The van der Waals surface area contributed by atoms with Crippen LogP contribution >= 0.6 is 11.3 Å². The molecule has 2 rings (SSSR count). The van der Waals surface area contributed by atoms with Gasteiger partial charge in [-0.2, -0.15) is 0 Å². The number of carbonyl (C=O) groups is 2. The molecule has 0 aliphatic heterocycles. The predicted octanol–water partition coefficient (Wildman–Crippen LogP) is 1.06. The molecule has 0 aromatic carbocycles. The van der Waals surface area contributed by atoms with E-state index in [2.05, 4.69) is 10.3 Å². The van der Waals surface area contributed by atoms with Crippen LogP contribution in [0.25, 0.3) is 0 Å². The van der Waals surface area contributed by atoms with Crippen molar-refractivity contribution in [2.45, 2.75) is 25.7 Å². The largest absolute Gasteiger partial charge is 0.480 e. The average Bonchev–Trinajstić information content (AvgIpc) is 2.70. The van der Waals surface area contributed by atoms with Crippen LogP contribution in [0.15, 0.2) is 0 Å². The molecule has 0 fully saturated rings. The molecule has 0 saturated carbocycles. The fourth-order valence-electron chi connectivity index (χ4n) is 1.79. The van der Waals surface area contributed by atoms with Gasteiger partial charge in [0.05, 0.1) is 5.69 Å². The lowest BCUT2D eigenvalue weighted by atomic mass is 10.0. The molecule has 1 aliphatic rings. The summed E-state index contributed by atoms with van der Waals surface area (Å²) >= 11 is 1.49. The summed E-state index contributed by atoms with van der Waals surface area (Å²) in [6.07, 6.45) is 4.31. The topological polar surface area (TPSA) is 88.5 Å². The summed E-state index contributed by atoms with van der Waals surface area (Å²) in [6.45, 7) is -0.738. The molecule has 1 amide bonds. The van der Waals surface area contributed by atoms with Crippen molar-refractivity contribution in [2.75, 3.05) is 18.5 Å². The van der Waals surface area contributed by atoms with Crippen molar-refractivity contribution in [3.63, 3.8) is 0 Å². The number of anilines is 1. The van der Waals surface area contributed by atoms with Gasteiger partial charge in [0.1, 0.15) is 13.2 Å². The Kier molecular flexibility index (Phi) is 4.27. The zero-order valence-electron chi connectivity index (χ0n) is 9.77. The van der Waals surface area contributed by atoms with Gasteiger partial charge in [-0.25, -0.2) is 9.78 Å². The third kappa shape index (κ3) is 3.51. The number of thiazole rings is 1. The van der Waals surface area contributed by atoms with E-state index < -0.39 is 12.6 Å². The second-order valence-corrected chi connectivity index (χ2v) is 5.11. The number of ether oxygens (including phenoxy) is 1. The number of aliphatic carboxylic acids is 1. The Hall–Kier alpha value is -1.47. The molecule has 7 heteroatoms. The molecule has 0 unspecified atom stereocenters. The lowest BCUT2D eigenvalue weighted by Gasteiger charge is -2.06. The number of carboxylic acid groups (broad SMARTS) is 1. The Labute approximate surface area is 108 Å². The van der Waals surface area contributed by atoms with Crippen molar-refractivity contribution in [2.24, 2.45) is 0 Å². The number of aromatic nitrogens is 1. The van der Waals surface area contributed by atoms with E-state index in [4.69, 9.17) is 9.84 Å². The van der Waals surface area contributed by atoms with Crippen LogP contribution in [-0.4, -0.2) is 35.2 Å². The molecule has 0 bridgehead atoms. The van der Waals surface area contributed by atoms with E-state index in [1.54, 1.807) is 0 Å². The third-order valence-corrected chi connectivity index (χ3v) is 3.62. The fourth-order valence-corrected chi connectivity index (χ4v) is 2.86. The number of carbonyl (C=O) groups excluding carboxylic acids is 1. The van der Waals surface area contributed by atoms with Crippen LogP contribution in [0.4, 0.5) is 5.13 Å². The lowest BCUT2D eigenvalue weighted by molar-refractivity contribution is -0.143. The first-order valence-electron chi connectivity index (χ1n) is 5.73. The molecule has 1 aromatic heterocycles. The van der Waals surface area contributed by atoms with E-state index >= 15 is 0 Å². The van der Waals surface area contributed by atoms with E-state index in [9.17, 15) is 9.59 Å². The summed E-state index contributed by atoms with van der Waals surface area (Å²) in [7, 11) is 0. The second-order valence-electron chi connectivity index (χ2n) is 4.03. The standard InChI is InChI=1S/C11H14N2O4S/c14-9(5-17-6-10(15)16)13-11-12-7-3-1-2-4-8(7)18-11/h1-6H2,(H,15,16)(H,12,13,14). The highest BCUT2D eigenvalue weighted by Crippen LogP contribution is 2.29. The Morgan fingerprint density at radius 2 is 2.11 bits per heavy atom. The van der Waals surface area contributed by atoms with E-state index in [1.165, 1.54) is 22.6 Å². The lowest BCUT2D eigenvalue weighted by Crippen LogP contribution is -2.20. The third-order valence-electron chi connectivity index (χ3n) is 2.55. The highest BCUT2D eigenvalue weighted by Gasteiger charge is 2.16. The maximum absolute atomic E-state index is 11.4. The molecule has 18 heavy (non-hydrogen) atoms. The first-order chi connectivity index (χ1) is 8.65. The van der Waals surface area contributed by atoms with Gasteiger partial charge in [0.15, 0.2) is 5.13 Å². The monoisotopic (exact) mass is 270 g/mol. The fraction of sp³-hybridized carbons (Fsp3) is 0.545. The van der Waals surface area contributed by atoms with Gasteiger partial charge >= 0.3 is 5.97 Å². The van der Waals surface area contributed by atoms with Crippen molar-refractivity contribution in [3.8, 4) is 0 Å².